The average Bonchev–Trinajstić information content (AvgIpc) is 2.85. The van der Waals surface area contributed by atoms with Crippen LogP contribution < -0.4 is 0 Å². The number of phenolic OH excluding ortho intramolecular Hbond substituents is 2. The summed E-state index contributed by atoms with van der Waals surface area (Å²) in [5.74, 6) is 1.97. The van der Waals surface area contributed by atoms with E-state index in [1.807, 2.05) is 24.3 Å². The Morgan fingerprint density at radius 2 is 0.938 bits per heavy atom. The van der Waals surface area contributed by atoms with Crippen molar-refractivity contribution in [3.05, 3.63) is 58.7 Å². The molecule has 3 fully saturated rings. The van der Waals surface area contributed by atoms with E-state index in [0.29, 0.717) is 23.3 Å². The molecule has 0 saturated heterocycles. The molecule has 32 heavy (non-hydrogen) atoms. The van der Waals surface area contributed by atoms with Gasteiger partial charge >= 0.3 is 0 Å². The van der Waals surface area contributed by atoms with E-state index in [4.69, 9.17) is 0 Å². The van der Waals surface area contributed by atoms with Crippen LogP contribution in [0, 0.1) is 0 Å². The summed E-state index contributed by atoms with van der Waals surface area (Å²) in [6.07, 6.45) is 18.4. The van der Waals surface area contributed by atoms with Crippen LogP contribution in [-0.4, -0.2) is 10.2 Å². The molecule has 172 valence electrons. The molecule has 0 aliphatic heterocycles. The van der Waals surface area contributed by atoms with Gasteiger partial charge in [0.2, 0.25) is 0 Å². The maximum absolute atomic E-state index is 11.4. The molecule has 0 unspecified atom stereocenters. The van der Waals surface area contributed by atoms with Gasteiger partial charge in [-0.15, -0.1) is 0 Å². The van der Waals surface area contributed by atoms with E-state index in [2.05, 4.69) is 12.1 Å². The second-order valence-electron chi connectivity index (χ2n) is 10.8. The topological polar surface area (TPSA) is 40.5 Å². The van der Waals surface area contributed by atoms with Gasteiger partial charge in [0.25, 0.3) is 0 Å². The third-order valence-electron chi connectivity index (χ3n) is 8.90. The van der Waals surface area contributed by atoms with E-state index in [0.717, 1.165) is 36.8 Å². The third-order valence-corrected chi connectivity index (χ3v) is 8.90. The molecule has 0 amide bonds. The van der Waals surface area contributed by atoms with Crippen molar-refractivity contribution in [2.75, 3.05) is 0 Å². The van der Waals surface area contributed by atoms with Gasteiger partial charge in [0.15, 0.2) is 0 Å². The van der Waals surface area contributed by atoms with Crippen LogP contribution in [0.15, 0.2) is 36.4 Å². The van der Waals surface area contributed by atoms with Crippen molar-refractivity contribution < 1.29 is 10.2 Å². The summed E-state index contributed by atoms with van der Waals surface area (Å²) in [5.41, 5.74) is 4.78. The van der Waals surface area contributed by atoms with Crippen molar-refractivity contribution in [2.45, 2.75) is 114 Å². The first-order chi connectivity index (χ1) is 15.7. The van der Waals surface area contributed by atoms with Gasteiger partial charge in [-0.05, 0) is 73.6 Å². The summed E-state index contributed by atoms with van der Waals surface area (Å²) in [5, 5.41) is 22.8. The number of hydrogen-bond donors (Lipinski definition) is 2. The van der Waals surface area contributed by atoms with Crippen molar-refractivity contribution in [3.8, 4) is 11.5 Å². The molecule has 5 rings (SSSR count). The van der Waals surface area contributed by atoms with E-state index in [1.165, 1.54) is 81.8 Å². The zero-order valence-corrected chi connectivity index (χ0v) is 19.6. The van der Waals surface area contributed by atoms with Gasteiger partial charge in [0, 0.05) is 16.5 Å². The maximum atomic E-state index is 11.4. The fourth-order valence-corrected chi connectivity index (χ4v) is 7.45. The van der Waals surface area contributed by atoms with Crippen LogP contribution in [0.2, 0.25) is 0 Å². The molecular formula is C30H40O2. The van der Waals surface area contributed by atoms with Gasteiger partial charge in [-0.25, -0.2) is 0 Å². The molecule has 2 nitrogen and oxygen atoms in total. The molecule has 0 radical (unpaired) electrons. The fraction of sp³-hybridized carbons (Fsp3) is 0.600. The SMILES string of the molecule is Oc1cccc(C2CCCCC2)c1C1(c2c(O)cccc2C2CCCCC2)CCCCC1. The zero-order valence-electron chi connectivity index (χ0n) is 19.6. The Kier molecular flexibility index (Phi) is 6.49. The predicted octanol–water partition coefficient (Wildman–Crippen LogP) is 8.44. The first kappa shape index (κ1) is 21.9. The summed E-state index contributed by atoms with van der Waals surface area (Å²) in [6, 6.07) is 12.5. The van der Waals surface area contributed by atoms with Crippen LogP contribution in [0.3, 0.4) is 0 Å². The van der Waals surface area contributed by atoms with Crippen molar-refractivity contribution in [2.24, 2.45) is 0 Å². The largest absolute Gasteiger partial charge is 0.508 e. The number of phenols is 2. The van der Waals surface area contributed by atoms with Gasteiger partial charge in [0.1, 0.15) is 11.5 Å². The lowest BCUT2D eigenvalue weighted by molar-refractivity contribution is 0.309. The molecule has 2 aromatic carbocycles. The Bertz CT molecular complexity index is 843. The third kappa shape index (κ3) is 3.95. The van der Waals surface area contributed by atoms with E-state index < -0.39 is 0 Å². The molecule has 3 aliphatic rings. The smallest absolute Gasteiger partial charge is 0.119 e. The maximum Gasteiger partial charge on any atom is 0.119 e. The van der Waals surface area contributed by atoms with Crippen molar-refractivity contribution >= 4 is 0 Å². The normalized spacial score (nSPS) is 22.6. The highest BCUT2D eigenvalue weighted by molar-refractivity contribution is 5.58. The van der Waals surface area contributed by atoms with Crippen LogP contribution in [-0.2, 0) is 5.41 Å². The highest BCUT2D eigenvalue weighted by atomic mass is 16.3. The van der Waals surface area contributed by atoms with Gasteiger partial charge in [-0.2, -0.15) is 0 Å². The fourth-order valence-electron chi connectivity index (χ4n) is 7.45. The predicted molar refractivity (Wildman–Crippen MR) is 132 cm³/mol. The van der Waals surface area contributed by atoms with Crippen LogP contribution in [0.5, 0.6) is 11.5 Å². The Morgan fingerprint density at radius 3 is 1.38 bits per heavy atom. The number of rotatable bonds is 4. The summed E-state index contributed by atoms with van der Waals surface area (Å²) >= 11 is 0. The van der Waals surface area contributed by atoms with Crippen LogP contribution in [0.25, 0.3) is 0 Å². The summed E-state index contributed by atoms with van der Waals surface area (Å²) in [7, 11) is 0. The molecule has 2 heteroatoms. The summed E-state index contributed by atoms with van der Waals surface area (Å²) < 4.78 is 0. The van der Waals surface area contributed by atoms with Crippen molar-refractivity contribution in [3.63, 3.8) is 0 Å². The monoisotopic (exact) mass is 432 g/mol. The van der Waals surface area contributed by atoms with Gasteiger partial charge < -0.3 is 10.2 Å². The number of aromatic hydroxyl groups is 2. The number of hydrogen-bond acceptors (Lipinski definition) is 2. The molecule has 3 saturated carbocycles. The second-order valence-corrected chi connectivity index (χ2v) is 10.8. The molecular weight excluding hydrogens is 392 g/mol. The van der Waals surface area contributed by atoms with E-state index in [1.54, 1.807) is 0 Å². The first-order valence-electron chi connectivity index (χ1n) is 13.4. The van der Waals surface area contributed by atoms with Crippen LogP contribution in [0.4, 0.5) is 0 Å². The zero-order chi connectivity index (χ0) is 22.0. The minimum Gasteiger partial charge on any atom is -0.508 e. The Morgan fingerprint density at radius 1 is 0.531 bits per heavy atom. The Hall–Kier alpha value is -1.96. The van der Waals surface area contributed by atoms with Gasteiger partial charge in [-0.3, -0.25) is 0 Å². The number of benzene rings is 2. The van der Waals surface area contributed by atoms with Gasteiger partial charge in [0.05, 0.1) is 0 Å². The van der Waals surface area contributed by atoms with Crippen molar-refractivity contribution in [1.29, 1.82) is 0 Å². The lowest BCUT2D eigenvalue weighted by atomic mass is 9.60. The summed E-state index contributed by atoms with van der Waals surface area (Å²) in [4.78, 5) is 0. The average molecular weight is 433 g/mol. The Labute approximate surface area is 194 Å². The minimum atomic E-state index is -0.269. The molecule has 0 aromatic heterocycles. The molecule has 0 bridgehead atoms. The molecule has 0 atom stereocenters. The first-order valence-corrected chi connectivity index (χ1v) is 13.4. The van der Waals surface area contributed by atoms with Crippen molar-refractivity contribution in [1.82, 2.24) is 0 Å². The molecule has 0 heterocycles. The lowest BCUT2D eigenvalue weighted by Gasteiger charge is -2.43. The molecule has 3 aliphatic carbocycles. The summed E-state index contributed by atoms with van der Waals surface area (Å²) in [6.45, 7) is 0. The standard InChI is InChI=1S/C30H40O2/c31-26-18-10-16-24(22-12-4-1-5-13-22)28(26)30(20-8-3-9-21-30)29-25(17-11-19-27(29)32)23-14-6-2-7-15-23/h10-11,16-19,22-23,31-32H,1-9,12-15,20-21H2. The quantitative estimate of drug-likeness (QED) is 0.509. The molecule has 0 spiro atoms. The van der Waals surface area contributed by atoms with Gasteiger partial charge in [-0.1, -0.05) is 82.1 Å². The van der Waals surface area contributed by atoms with Crippen LogP contribution in [0.1, 0.15) is 130 Å². The molecule has 2 N–H and O–H groups in total. The second kappa shape index (κ2) is 9.49. The van der Waals surface area contributed by atoms with Crippen LogP contribution >= 0.6 is 0 Å². The Balaban J connectivity index is 1.71. The lowest BCUT2D eigenvalue weighted by Crippen LogP contribution is -2.34. The highest BCUT2D eigenvalue weighted by Crippen LogP contribution is 2.56. The minimum absolute atomic E-state index is 0.269. The van der Waals surface area contributed by atoms with E-state index >= 15 is 0 Å². The molecule has 2 aromatic rings. The van der Waals surface area contributed by atoms with E-state index in [-0.39, 0.29) is 5.41 Å². The highest BCUT2D eigenvalue weighted by Gasteiger charge is 2.44. The van der Waals surface area contributed by atoms with E-state index in [9.17, 15) is 10.2 Å².